The first kappa shape index (κ1) is 25.4. The van der Waals surface area contributed by atoms with Crippen LogP contribution in [-0.4, -0.2) is 41.0 Å². The van der Waals surface area contributed by atoms with Crippen LogP contribution in [0.1, 0.15) is 51.0 Å². The summed E-state index contributed by atoms with van der Waals surface area (Å²) in [5, 5.41) is 18.2. The zero-order valence-corrected chi connectivity index (χ0v) is 19.7. The number of hydrogen-bond acceptors (Lipinski definition) is 4. The van der Waals surface area contributed by atoms with E-state index in [2.05, 4.69) is 16.0 Å². The van der Waals surface area contributed by atoms with E-state index in [1.54, 1.807) is 0 Å². The molecule has 0 aliphatic heterocycles. The minimum atomic E-state index is -1.02. The van der Waals surface area contributed by atoms with Crippen molar-refractivity contribution in [2.45, 2.75) is 70.0 Å². The second-order valence-electron chi connectivity index (χ2n) is 9.04. The number of aliphatic carboxylic acids is 1. The van der Waals surface area contributed by atoms with Crippen LogP contribution in [0, 0.1) is 5.92 Å². The molecule has 34 heavy (non-hydrogen) atoms. The van der Waals surface area contributed by atoms with Crippen LogP contribution < -0.4 is 16.0 Å². The van der Waals surface area contributed by atoms with Crippen molar-refractivity contribution < 1.29 is 19.5 Å². The van der Waals surface area contributed by atoms with Crippen LogP contribution in [0.3, 0.4) is 0 Å². The van der Waals surface area contributed by atoms with Crippen LogP contribution in [-0.2, 0) is 20.8 Å². The molecule has 2 aromatic carbocycles. The van der Waals surface area contributed by atoms with Gasteiger partial charge in [-0.15, -0.1) is 0 Å². The van der Waals surface area contributed by atoms with Crippen molar-refractivity contribution in [2.24, 2.45) is 5.92 Å². The molecule has 3 rings (SSSR count). The first-order valence-corrected chi connectivity index (χ1v) is 12.1. The Hall–Kier alpha value is -3.19. The standard InChI is InChI=1S/C27H35N3O4/c1-19(27(33)34)28-23(18-17-20-11-5-2-6-12-20)25(31)30-24(21-13-7-3-8-14-21)26(32)29-22-15-9-4-10-16-22/h2,4-6,9-12,15-16,19,21,23-24,28H,3,7-8,13-14,17-18H2,1H3,(H,29,32)(H,30,31)(H,33,34)/t19-,23+,24+/m1/s1. The van der Waals surface area contributed by atoms with E-state index >= 15 is 0 Å². The SMILES string of the molecule is C[C@@H](N[C@@H](CCc1ccccc1)C(=O)N[C@H](C(=O)Nc1ccccc1)C1CCCCC1)C(=O)O. The molecule has 4 N–H and O–H groups in total. The number of carbonyl (C=O) groups excluding carboxylic acids is 2. The quantitative estimate of drug-likeness (QED) is 0.404. The Kier molecular flexibility index (Phi) is 9.64. The number of benzene rings is 2. The fourth-order valence-corrected chi connectivity index (χ4v) is 4.48. The molecule has 0 bridgehead atoms. The Morgan fingerprint density at radius 3 is 2.15 bits per heavy atom. The van der Waals surface area contributed by atoms with Crippen molar-refractivity contribution in [1.82, 2.24) is 10.6 Å². The maximum absolute atomic E-state index is 13.4. The number of carboxylic acid groups (broad SMARTS) is 1. The van der Waals surface area contributed by atoms with Crippen molar-refractivity contribution in [3.05, 3.63) is 66.2 Å². The van der Waals surface area contributed by atoms with Gasteiger partial charge in [0, 0.05) is 5.69 Å². The Labute approximate surface area is 201 Å². The van der Waals surface area contributed by atoms with Crippen LogP contribution in [0.4, 0.5) is 5.69 Å². The molecule has 1 fully saturated rings. The van der Waals surface area contributed by atoms with E-state index in [1.807, 2.05) is 60.7 Å². The molecule has 2 aromatic rings. The van der Waals surface area contributed by atoms with E-state index in [4.69, 9.17) is 0 Å². The summed E-state index contributed by atoms with van der Waals surface area (Å²) in [6.45, 7) is 1.52. The van der Waals surface area contributed by atoms with Crippen LogP contribution in [0.25, 0.3) is 0 Å². The molecule has 0 aromatic heterocycles. The molecule has 182 valence electrons. The van der Waals surface area contributed by atoms with Gasteiger partial charge in [0.25, 0.3) is 0 Å². The smallest absolute Gasteiger partial charge is 0.320 e. The summed E-state index contributed by atoms with van der Waals surface area (Å²) < 4.78 is 0. The molecule has 0 saturated heterocycles. The number of anilines is 1. The van der Waals surface area contributed by atoms with Crippen LogP contribution in [0.5, 0.6) is 0 Å². The van der Waals surface area contributed by atoms with Crippen molar-refractivity contribution in [3.8, 4) is 0 Å². The zero-order valence-electron chi connectivity index (χ0n) is 19.7. The number of para-hydroxylation sites is 1. The van der Waals surface area contributed by atoms with Crippen LogP contribution in [0.15, 0.2) is 60.7 Å². The van der Waals surface area contributed by atoms with Crippen molar-refractivity contribution >= 4 is 23.5 Å². The minimum absolute atomic E-state index is 0.0492. The third-order valence-corrected chi connectivity index (χ3v) is 6.45. The number of amides is 2. The molecule has 7 heteroatoms. The third-order valence-electron chi connectivity index (χ3n) is 6.45. The lowest BCUT2D eigenvalue weighted by atomic mass is 9.83. The number of aryl methyl sites for hydroxylation is 1. The molecular formula is C27H35N3O4. The monoisotopic (exact) mass is 465 g/mol. The van der Waals surface area contributed by atoms with E-state index in [0.717, 1.165) is 37.7 Å². The van der Waals surface area contributed by atoms with Gasteiger partial charge in [-0.2, -0.15) is 0 Å². The molecule has 3 atom stereocenters. The largest absolute Gasteiger partial charge is 0.480 e. The molecule has 0 unspecified atom stereocenters. The second kappa shape index (κ2) is 12.9. The predicted molar refractivity (Wildman–Crippen MR) is 132 cm³/mol. The Morgan fingerprint density at radius 1 is 0.912 bits per heavy atom. The summed E-state index contributed by atoms with van der Waals surface area (Å²) >= 11 is 0. The van der Waals surface area contributed by atoms with Crippen molar-refractivity contribution in [3.63, 3.8) is 0 Å². The summed E-state index contributed by atoms with van der Waals surface area (Å²) in [6.07, 6.45) is 5.98. The van der Waals surface area contributed by atoms with Gasteiger partial charge in [0.05, 0.1) is 6.04 Å². The van der Waals surface area contributed by atoms with Crippen molar-refractivity contribution in [1.29, 1.82) is 0 Å². The van der Waals surface area contributed by atoms with Gasteiger partial charge in [0.2, 0.25) is 11.8 Å². The number of carboxylic acids is 1. The molecule has 2 amide bonds. The van der Waals surface area contributed by atoms with Gasteiger partial charge in [0.15, 0.2) is 0 Å². The lowest BCUT2D eigenvalue weighted by Crippen LogP contribution is -2.56. The third kappa shape index (κ3) is 7.70. The number of carbonyl (C=O) groups is 3. The highest BCUT2D eigenvalue weighted by Crippen LogP contribution is 2.27. The molecule has 0 radical (unpaired) electrons. The number of hydrogen-bond donors (Lipinski definition) is 4. The zero-order chi connectivity index (χ0) is 24.3. The Balaban J connectivity index is 1.74. The Bertz CT molecular complexity index is 929. The normalized spacial score (nSPS) is 16.7. The summed E-state index contributed by atoms with van der Waals surface area (Å²) in [5.74, 6) is -1.56. The average molecular weight is 466 g/mol. The minimum Gasteiger partial charge on any atom is -0.480 e. The van der Waals surface area contributed by atoms with Gasteiger partial charge < -0.3 is 15.7 Å². The van der Waals surface area contributed by atoms with Gasteiger partial charge >= 0.3 is 5.97 Å². The van der Waals surface area contributed by atoms with Gasteiger partial charge in [-0.25, -0.2) is 0 Å². The molecule has 1 aliphatic carbocycles. The first-order chi connectivity index (χ1) is 16.4. The topological polar surface area (TPSA) is 108 Å². The second-order valence-corrected chi connectivity index (χ2v) is 9.04. The molecule has 7 nitrogen and oxygen atoms in total. The van der Waals surface area contributed by atoms with Gasteiger partial charge in [-0.1, -0.05) is 67.8 Å². The van der Waals surface area contributed by atoms with Crippen molar-refractivity contribution in [2.75, 3.05) is 5.32 Å². The van der Waals surface area contributed by atoms with Crippen LogP contribution >= 0.6 is 0 Å². The Morgan fingerprint density at radius 2 is 1.53 bits per heavy atom. The summed E-state index contributed by atoms with van der Waals surface area (Å²) in [7, 11) is 0. The molecular weight excluding hydrogens is 430 g/mol. The van der Waals surface area contributed by atoms with Gasteiger partial charge in [0.1, 0.15) is 12.1 Å². The first-order valence-electron chi connectivity index (χ1n) is 12.1. The number of nitrogens with one attached hydrogen (secondary N) is 3. The lowest BCUT2D eigenvalue weighted by Gasteiger charge is -2.31. The molecule has 0 heterocycles. The lowest BCUT2D eigenvalue weighted by molar-refractivity contribution is -0.139. The highest BCUT2D eigenvalue weighted by molar-refractivity contribution is 5.98. The van der Waals surface area contributed by atoms with E-state index in [0.29, 0.717) is 18.5 Å². The number of rotatable bonds is 11. The van der Waals surface area contributed by atoms with E-state index < -0.39 is 24.1 Å². The maximum Gasteiger partial charge on any atom is 0.320 e. The predicted octanol–water partition coefficient (Wildman–Crippen LogP) is 3.75. The van der Waals surface area contributed by atoms with Crippen LogP contribution in [0.2, 0.25) is 0 Å². The average Bonchev–Trinajstić information content (AvgIpc) is 2.86. The molecule has 0 spiro atoms. The van der Waals surface area contributed by atoms with E-state index in [9.17, 15) is 19.5 Å². The highest BCUT2D eigenvalue weighted by Gasteiger charge is 2.33. The fraction of sp³-hybridized carbons (Fsp3) is 0.444. The maximum atomic E-state index is 13.4. The van der Waals surface area contributed by atoms with Gasteiger partial charge in [-0.05, 0) is 56.2 Å². The summed E-state index contributed by atoms with van der Waals surface area (Å²) in [6, 6.07) is 16.7. The molecule has 1 saturated carbocycles. The van der Waals surface area contributed by atoms with E-state index in [1.165, 1.54) is 6.92 Å². The summed E-state index contributed by atoms with van der Waals surface area (Å²) in [4.78, 5) is 38.1. The summed E-state index contributed by atoms with van der Waals surface area (Å²) in [5.41, 5.74) is 1.75. The fourth-order valence-electron chi connectivity index (χ4n) is 4.48. The van der Waals surface area contributed by atoms with Gasteiger partial charge in [-0.3, -0.25) is 19.7 Å². The molecule has 1 aliphatic rings. The van der Waals surface area contributed by atoms with E-state index in [-0.39, 0.29) is 17.7 Å². The highest BCUT2D eigenvalue weighted by atomic mass is 16.4.